The highest BCUT2D eigenvalue weighted by atomic mass is 32.2. The Morgan fingerprint density at radius 1 is 1.24 bits per heavy atom. The van der Waals surface area contributed by atoms with Crippen molar-refractivity contribution in [2.24, 2.45) is 0 Å². The van der Waals surface area contributed by atoms with Crippen molar-refractivity contribution in [2.75, 3.05) is 13.1 Å². The van der Waals surface area contributed by atoms with Gasteiger partial charge in [0, 0.05) is 19.1 Å². The van der Waals surface area contributed by atoms with Gasteiger partial charge >= 0.3 is 0 Å². The minimum atomic E-state index is -3.45. The fraction of sp³-hybridized carbons (Fsp3) is 0.846. The van der Waals surface area contributed by atoms with Gasteiger partial charge in [-0.05, 0) is 19.8 Å². The average Bonchev–Trinajstić information content (AvgIpc) is 2.90. The molecule has 0 aliphatic rings. The van der Waals surface area contributed by atoms with Crippen LogP contribution >= 0.6 is 0 Å². The Morgan fingerprint density at radius 2 is 1.86 bits per heavy atom. The first-order valence-corrected chi connectivity index (χ1v) is 9.03. The summed E-state index contributed by atoms with van der Waals surface area (Å²) in [4.78, 5) is 3.85. The molecule has 1 N–H and O–H groups in total. The zero-order chi connectivity index (χ0) is 15.7. The van der Waals surface area contributed by atoms with E-state index in [1.54, 1.807) is 15.3 Å². The van der Waals surface area contributed by atoms with Gasteiger partial charge in [0.2, 0.25) is 0 Å². The summed E-state index contributed by atoms with van der Waals surface area (Å²) < 4.78 is 30.8. The normalized spacial score (nSPS) is 13.7. The van der Waals surface area contributed by atoms with Crippen molar-refractivity contribution in [3.8, 4) is 0 Å². The van der Waals surface area contributed by atoms with Crippen molar-refractivity contribution >= 4 is 10.2 Å². The fourth-order valence-corrected chi connectivity index (χ4v) is 3.47. The fourth-order valence-electron chi connectivity index (χ4n) is 1.99. The largest absolute Gasteiger partial charge is 0.279 e. The van der Waals surface area contributed by atoms with Gasteiger partial charge in [-0.3, -0.25) is 4.68 Å². The number of nitrogens with zero attached hydrogens (tertiary/aromatic N) is 4. The predicted octanol–water partition coefficient (Wildman–Crippen LogP) is 1.40. The lowest BCUT2D eigenvalue weighted by Crippen LogP contribution is -2.46. The van der Waals surface area contributed by atoms with Crippen molar-refractivity contribution in [2.45, 2.75) is 59.0 Å². The maximum atomic E-state index is 12.5. The number of nitrogens with one attached hydrogen (secondary N) is 1. The van der Waals surface area contributed by atoms with Gasteiger partial charge in [-0.25, -0.2) is 4.98 Å². The number of hydrogen-bond acceptors (Lipinski definition) is 4. The topological polar surface area (TPSA) is 80.1 Å². The summed E-state index contributed by atoms with van der Waals surface area (Å²) in [7, 11) is -3.45. The highest BCUT2D eigenvalue weighted by molar-refractivity contribution is 7.87. The van der Waals surface area contributed by atoms with E-state index in [0.29, 0.717) is 19.6 Å². The molecule has 0 aliphatic heterocycles. The Labute approximate surface area is 127 Å². The smallest absolute Gasteiger partial charge is 0.251 e. The van der Waals surface area contributed by atoms with Gasteiger partial charge in [0.15, 0.2) is 0 Å². The third kappa shape index (κ3) is 6.54. The van der Waals surface area contributed by atoms with Crippen LogP contribution in [0, 0.1) is 0 Å². The van der Waals surface area contributed by atoms with Crippen LogP contribution in [0.3, 0.4) is 0 Å². The minimum Gasteiger partial charge on any atom is -0.251 e. The van der Waals surface area contributed by atoms with E-state index in [4.69, 9.17) is 0 Å². The molecule has 122 valence electrons. The molecular weight excluding hydrogens is 290 g/mol. The molecule has 0 radical (unpaired) electrons. The molecule has 7 nitrogen and oxygen atoms in total. The first kappa shape index (κ1) is 18.1. The molecule has 0 aromatic carbocycles. The average molecular weight is 317 g/mol. The first-order chi connectivity index (χ1) is 9.99. The Balaban J connectivity index is 2.61. The summed E-state index contributed by atoms with van der Waals surface area (Å²) in [5, 5.41) is 3.99. The number of rotatable bonds is 11. The van der Waals surface area contributed by atoms with Gasteiger partial charge in [0.05, 0.1) is 6.54 Å². The molecule has 1 heterocycles. The van der Waals surface area contributed by atoms with Crippen molar-refractivity contribution in [1.82, 2.24) is 23.8 Å². The summed E-state index contributed by atoms with van der Waals surface area (Å²) >= 11 is 0. The first-order valence-electron chi connectivity index (χ1n) is 7.59. The Kier molecular flexibility index (Phi) is 7.84. The van der Waals surface area contributed by atoms with Gasteiger partial charge in [-0.2, -0.15) is 22.5 Å². The summed E-state index contributed by atoms with van der Waals surface area (Å²) in [6.07, 6.45) is 6.73. The van der Waals surface area contributed by atoms with E-state index < -0.39 is 10.2 Å². The second-order valence-corrected chi connectivity index (χ2v) is 6.95. The lowest BCUT2D eigenvalue weighted by Gasteiger charge is -2.24. The van der Waals surface area contributed by atoms with E-state index >= 15 is 0 Å². The molecule has 0 amide bonds. The zero-order valence-electron chi connectivity index (χ0n) is 13.2. The molecule has 1 atom stereocenters. The van der Waals surface area contributed by atoms with Crippen LogP contribution < -0.4 is 4.72 Å². The molecule has 0 bridgehead atoms. The number of hydrogen-bond donors (Lipinski definition) is 1. The molecule has 0 saturated carbocycles. The molecule has 0 fully saturated rings. The standard InChI is InChI=1S/C13H27N5O2S/c1-4-6-8-18(9-7-5-2)21(19,20)16-13(3)10-17-12-14-11-15-17/h11-13,16H,4-10H2,1-3H3/t13-/m1/s1. The highest BCUT2D eigenvalue weighted by Crippen LogP contribution is 2.06. The van der Waals surface area contributed by atoms with E-state index in [2.05, 4.69) is 28.7 Å². The van der Waals surface area contributed by atoms with E-state index in [0.717, 1.165) is 25.7 Å². The second-order valence-electron chi connectivity index (χ2n) is 5.25. The van der Waals surface area contributed by atoms with Crippen molar-refractivity contribution < 1.29 is 8.42 Å². The van der Waals surface area contributed by atoms with Crippen LogP contribution in [0.4, 0.5) is 0 Å². The predicted molar refractivity (Wildman–Crippen MR) is 82.9 cm³/mol. The van der Waals surface area contributed by atoms with Crippen LogP contribution in [0.5, 0.6) is 0 Å². The lowest BCUT2D eigenvalue weighted by atomic mass is 10.3. The van der Waals surface area contributed by atoms with Gasteiger partial charge in [-0.15, -0.1) is 0 Å². The molecule has 1 rings (SSSR count). The summed E-state index contributed by atoms with van der Waals surface area (Å²) in [5.74, 6) is 0. The van der Waals surface area contributed by atoms with Gasteiger partial charge in [0.1, 0.15) is 12.7 Å². The number of unbranched alkanes of at least 4 members (excludes halogenated alkanes) is 2. The van der Waals surface area contributed by atoms with E-state index in [9.17, 15) is 8.42 Å². The van der Waals surface area contributed by atoms with Gasteiger partial charge < -0.3 is 0 Å². The van der Waals surface area contributed by atoms with Crippen molar-refractivity contribution in [3.63, 3.8) is 0 Å². The third-order valence-electron chi connectivity index (χ3n) is 3.14. The van der Waals surface area contributed by atoms with Crippen LogP contribution in [-0.2, 0) is 16.8 Å². The van der Waals surface area contributed by atoms with Crippen LogP contribution in [0.25, 0.3) is 0 Å². The molecule has 1 aromatic heterocycles. The van der Waals surface area contributed by atoms with Gasteiger partial charge in [0.25, 0.3) is 10.2 Å². The molecule has 0 unspecified atom stereocenters. The number of aromatic nitrogens is 3. The SMILES string of the molecule is CCCCN(CCCC)S(=O)(=O)N[C@H](C)Cn1cncn1. The molecule has 0 spiro atoms. The Bertz CT molecular complexity index is 467. The summed E-state index contributed by atoms with van der Waals surface area (Å²) in [6.45, 7) is 7.56. The Morgan fingerprint density at radius 3 is 2.33 bits per heavy atom. The van der Waals surface area contributed by atoms with Crippen LogP contribution in [-0.4, -0.2) is 46.6 Å². The quantitative estimate of drug-likeness (QED) is 0.669. The van der Waals surface area contributed by atoms with Crippen LogP contribution in [0.15, 0.2) is 12.7 Å². The van der Waals surface area contributed by atoms with Crippen LogP contribution in [0.2, 0.25) is 0 Å². The third-order valence-corrected chi connectivity index (χ3v) is 4.88. The van der Waals surface area contributed by atoms with Crippen LogP contribution in [0.1, 0.15) is 46.5 Å². The van der Waals surface area contributed by atoms with Gasteiger partial charge in [-0.1, -0.05) is 26.7 Å². The van der Waals surface area contributed by atoms with Crippen molar-refractivity contribution in [1.29, 1.82) is 0 Å². The molecule has 0 saturated heterocycles. The second kappa shape index (κ2) is 9.11. The summed E-state index contributed by atoms with van der Waals surface area (Å²) in [5.41, 5.74) is 0. The molecular formula is C13H27N5O2S. The van der Waals surface area contributed by atoms with Crippen molar-refractivity contribution in [3.05, 3.63) is 12.7 Å². The molecule has 1 aromatic rings. The van der Waals surface area contributed by atoms with E-state index in [1.165, 1.54) is 6.33 Å². The monoisotopic (exact) mass is 317 g/mol. The van der Waals surface area contributed by atoms with E-state index in [-0.39, 0.29) is 6.04 Å². The minimum absolute atomic E-state index is 0.234. The molecule has 8 heteroatoms. The highest BCUT2D eigenvalue weighted by Gasteiger charge is 2.23. The van der Waals surface area contributed by atoms with E-state index in [1.807, 2.05) is 6.92 Å². The lowest BCUT2D eigenvalue weighted by molar-refractivity contribution is 0.379. The maximum absolute atomic E-state index is 12.5. The molecule has 21 heavy (non-hydrogen) atoms. The molecule has 0 aliphatic carbocycles. The zero-order valence-corrected chi connectivity index (χ0v) is 14.0. The summed E-state index contributed by atoms with van der Waals surface area (Å²) in [6, 6.07) is -0.234. The maximum Gasteiger partial charge on any atom is 0.279 e. The Hall–Kier alpha value is -0.990.